The maximum absolute atomic E-state index is 14.5. The van der Waals surface area contributed by atoms with Crippen LogP contribution in [0.3, 0.4) is 0 Å². The van der Waals surface area contributed by atoms with E-state index in [1.165, 1.54) is 188 Å². The molecule has 6 aliphatic rings. The number of unbranched alkanes of at least 4 members (excludes halogenated alkanes) is 6. The molecule has 0 heterocycles. The standard InChI is InChI=1S/C91H122O6/c1-4-7-14-28-72-42-48-82(49-43-72)88(63-54-78(55-64-88)75-31-17-10-18-32-75)60-25-39-85(92)95-69-91(81-37-23-13-24-38-81,70-96-86(93)40-26-61-89(83-50-44-73(45-51-83)29-15-8-5-2)65-56-79(57-66-89)76-33-19-11-20-34-76)71-97-87(94)41-27-62-90(84-52-46-74(47-53-84)30-16-9-6-3)67-58-80(59-68-90)77-35-21-12-22-36-77/h10-13,17-24,31-38,54-59,63,65,67,72-74,82-84H,4-9,14-16,25-30,39-53,60-62,64,66,68-71H2,1-3H3. The molecule has 97 heavy (non-hydrogen) atoms. The Bertz CT molecular complexity index is 2890. The number of hydrogen-bond donors (Lipinski definition) is 0. The average molecular weight is 1310 g/mol. The molecular weight excluding hydrogens is 1190 g/mol. The molecule has 0 aromatic heterocycles. The summed E-state index contributed by atoms with van der Waals surface area (Å²) in [5.74, 6) is 3.32. The molecule has 522 valence electrons. The molecule has 4 aromatic rings. The maximum Gasteiger partial charge on any atom is 0.305 e. The van der Waals surface area contributed by atoms with E-state index < -0.39 is 5.41 Å². The molecular formula is C91H122O6. The van der Waals surface area contributed by atoms with Crippen molar-refractivity contribution in [2.24, 2.45) is 51.8 Å². The molecule has 6 nitrogen and oxygen atoms in total. The highest BCUT2D eigenvalue weighted by Crippen LogP contribution is 2.54. The summed E-state index contributed by atoms with van der Waals surface area (Å²) in [4.78, 5) is 43.5. The number of ether oxygens (including phenoxy) is 3. The van der Waals surface area contributed by atoms with E-state index in [0.717, 1.165) is 61.8 Å². The van der Waals surface area contributed by atoms with Crippen molar-refractivity contribution in [3.63, 3.8) is 0 Å². The SMILES string of the molecule is CCCCCC1CCC(C2(CCCC(=O)OCC(COC(=O)CCCC3(C4CCC(CCCCC)CC4)C=CC(c4ccccc4)=CC3)(COC(=O)CCCC3(C4CCC(CCCCC)CC4)C=CC(c4ccccc4)=CC3)c3ccccc3)C=CC(c3ccccc3)=CC2)CC1. The number of allylic oxidation sites excluding steroid dienone is 12. The molecule has 3 atom stereocenters. The Morgan fingerprint density at radius 1 is 0.361 bits per heavy atom. The fourth-order valence-corrected chi connectivity index (χ4v) is 18.5. The molecule has 0 aliphatic heterocycles. The quantitative estimate of drug-likeness (QED) is 0.0254. The van der Waals surface area contributed by atoms with Crippen molar-refractivity contribution >= 4 is 34.6 Å². The van der Waals surface area contributed by atoms with E-state index >= 15 is 0 Å². The topological polar surface area (TPSA) is 78.9 Å². The fourth-order valence-electron chi connectivity index (χ4n) is 18.5. The van der Waals surface area contributed by atoms with Gasteiger partial charge in [0.1, 0.15) is 19.8 Å². The lowest BCUT2D eigenvalue weighted by molar-refractivity contribution is -0.156. The van der Waals surface area contributed by atoms with Crippen LogP contribution in [0.5, 0.6) is 0 Å². The first-order valence-electron chi connectivity index (χ1n) is 39.4. The summed E-state index contributed by atoms with van der Waals surface area (Å²) in [6.45, 7) is 6.65. The number of esters is 3. The van der Waals surface area contributed by atoms with Gasteiger partial charge in [0.05, 0.1) is 5.41 Å². The van der Waals surface area contributed by atoms with Gasteiger partial charge < -0.3 is 14.2 Å². The molecule has 0 N–H and O–H groups in total. The van der Waals surface area contributed by atoms with Crippen LogP contribution in [0.1, 0.15) is 274 Å². The lowest BCUT2D eigenvalue weighted by Crippen LogP contribution is -2.43. The van der Waals surface area contributed by atoms with Gasteiger partial charge in [-0.1, -0.05) is 312 Å². The normalized spacial score (nSPS) is 26.2. The zero-order chi connectivity index (χ0) is 67.4. The molecule has 4 aromatic carbocycles. The van der Waals surface area contributed by atoms with Crippen LogP contribution in [0.2, 0.25) is 0 Å². The number of benzene rings is 4. The van der Waals surface area contributed by atoms with Gasteiger partial charge in [-0.15, -0.1) is 0 Å². The van der Waals surface area contributed by atoms with Crippen molar-refractivity contribution in [3.8, 4) is 0 Å². The minimum Gasteiger partial charge on any atom is -0.464 e. The van der Waals surface area contributed by atoms with Crippen LogP contribution in [0, 0.1) is 51.8 Å². The first-order chi connectivity index (χ1) is 47.5. The Balaban J connectivity index is 0.829. The summed E-state index contributed by atoms with van der Waals surface area (Å²) in [7, 11) is 0. The van der Waals surface area contributed by atoms with Gasteiger partial charge in [-0.3, -0.25) is 14.4 Å². The third-order valence-electron chi connectivity index (χ3n) is 24.8. The van der Waals surface area contributed by atoms with Gasteiger partial charge in [-0.05, 0) is 187 Å². The van der Waals surface area contributed by atoms with Crippen molar-refractivity contribution < 1.29 is 28.6 Å². The molecule has 6 heteroatoms. The lowest BCUT2D eigenvalue weighted by atomic mass is 9.61. The van der Waals surface area contributed by atoms with Crippen molar-refractivity contribution in [3.05, 3.63) is 198 Å². The molecule has 0 amide bonds. The monoisotopic (exact) mass is 1310 g/mol. The van der Waals surface area contributed by atoms with Crippen molar-refractivity contribution in [2.45, 2.75) is 257 Å². The maximum atomic E-state index is 14.5. The highest BCUT2D eigenvalue weighted by molar-refractivity contribution is 5.77. The van der Waals surface area contributed by atoms with Crippen molar-refractivity contribution in [1.29, 1.82) is 0 Å². The number of rotatable bonds is 37. The molecule has 0 saturated heterocycles. The number of carbonyl (C=O) groups is 3. The Kier molecular flexibility index (Phi) is 28.6. The van der Waals surface area contributed by atoms with E-state index in [-0.39, 0.29) is 73.2 Å². The van der Waals surface area contributed by atoms with Gasteiger partial charge in [0.15, 0.2) is 0 Å². The van der Waals surface area contributed by atoms with Gasteiger partial charge in [-0.25, -0.2) is 0 Å². The summed E-state index contributed by atoms with van der Waals surface area (Å²) >= 11 is 0. The molecule has 6 aliphatic carbocycles. The third kappa shape index (κ3) is 20.9. The molecule has 3 saturated carbocycles. The van der Waals surface area contributed by atoms with Crippen LogP contribution in [-0.2, 0) is 34.0 Å². The fraction of sp³-hybridized carbons (Fsp3) is 0.571. The smallest absolute Gasteiger partial charge is 0.305 e. The second-order valence-electron chi connectivity index (χ2n) is 31.2. The summed E-state index contributed by atoms with van der Waals surface area (Å²) < 4.78 is 19.5. The summed E-state index contributed by atoms with van der Waals surface area (Å²) in [5.41, 5.74) is 7.19. The van der Waals surface area contributed by atoms with Crippen LogP contribution in [0.25, 0.3) is 16.7 Å². The zero-order valence-corrected chi connectivity index (χ0v) is 60.2. The van der Waals surface area contributed by atoms with E-state index in [4.69, 9.17) is 14.2 Å². The molecule has 10 rings (SSSR count). The van der Waals surface area contributed by atoms with E-state index in [1.54, 1.807) is 0 Å². The summed E-state index contributed by atoms with van der Waals surface area (Å²) in [6, 6.07) is 42.1. The van der Waals surface area contributed by atoms with Crippen LogP contribution in [-0.4, -0.2) is 37.7 Å². The van der Waals surface area contributed by atoms with Crippen LogP contribution in [0.4, 0.5) is 0 Å². The molecule has 3 fully saturated rings. The van der Waals surface area contributed by atoms with Gasteiger partial charge in [0, 0.05) is 19.3 Å². The van der Waals surface area contributed by atoms with Gasteiger partial charge in [0.25, 0.3) is 0 Å². The van der Waals surface area contributed by atoms with Gasteiger partial charge in [0.2, 0.25) is 0 Å². The predicted octanol–water partition coefficient (Wildman–Crippen LogP) is 24.3. The molecule has 0 bridgehead atoms. The summed E-state index contributed by atoms with van der Waals surface area (Å²) in [6.07, 6.45) is 61.4. The molecule has 0 spiro atoms. The largest absolute Gasteiger partial charge is 0.464 e. The number of carbonyl (C=O) groups excluding carboxylic acids is 3. The van der Waals surface area contributed by atoms with Crippen molar-refractivity contribution in [1.82, 2.24) is 0 Å². The Morgan fingerprint density at radius 3 is 0.897 bits per heavy atom. The van der Waals surface area contributed by atoms with Crippen LogP contribution < -0.4 is 0 Å². The minimum atomic E-state index is -1.13. The van der Waals surface area contributed by atoms with Crippen molar-refractivity contribution in [2.75, 3.05) is 19.8 Å². The Morgan fingerprint density at radius 2 is 0.639 bits per heavy atom. The van der Waals surface area contributed by atoms with E-state index in [9.17, 15) is 14.4 Å². The number of hydrogen-bond acceptors (Lipinski definition) is 6. The minimum absolute atomic E-state index is 0.0205. The van der Waals surface area contributed by atoms with Gasteiger partial charge >= 0.3 is 17.9 Å². The van der Waals surface area contributed by atoms with Gasteiger partial charge in [-0.2, -0.15) is 0 Å². The molecule has 3 unspecified atom stereocenters. The first kappa shape index (κ1) is 73.4. The highest BCUT2D eigenvalue weighted by Gasteiger charge is 2.44. The Hall–Kier alpha value is -6.27. The first-order valence-corrected chi connectivity index (χ1v) is 39.4. The highest BCUT2D eigenvalue weighted by atomic mass is 16.6. The second kappa shape index (κ2) is 37.8. The van der Waals surface area contributed by atoms with Crippen LogP contribution in [0.15, 0.2) is 176 Å². The third-order valence-corrected chi connectivity index (χ3v) is 24.8. The lowest BCUT2D eigenvalue weighted by Gasteiger charge is -2.44. The molecule has 0 radical (unpaired) electrons. The van der Waals surface area contributed by atoms with E-state index in [0.29, 0.717) is 37.0 Å². The van der Waals surface area contributed by atoms with E-state index in [1.807, 2.05) is 30.3 Å². The van der Waals surface area contributed by atoms with E-state index in [2.05, 4.69) is 166 Å². The van der Waals surface area contributed by atoms with Crippen LogP contribution >= 0.6 is 0 Å². The summed E-state index contributed by atoms with van der Waals surface area (Å²) in [5, 5.41) is 0. The zero-order valence-electron chi connectivity index (χ0n) is 60.2. The predicted molar refractivity (Wildman–Crippen MR) is 403 cm³/mol. The second-order valence-corrected chi connectivity index (χ2v) is 31.2. The Labute approximate surface area is 587 Å². The average Bonchev–Trinajstić information content (AvgIpc) is 0.844.